The quantitative estimate of drug-likeness (QED) is 0.508. The number of carbonyl (C=O) groups is 2. The van der Waals surface area contributed by atoms with E-state index in [1.54, 1.807) is 17.0 Å². The molecule has 0 bridgehead atoms. The molecule has 37 heavy (non-hydrogen) atoms. The van der Waals surface area contributed by atoms with Crippen LogP contribution in [0.2, 0.25) is 0 Å². The van der Waals surface area contributed by atoms with Crippen LogP contribution in [0.1, 0.15) is 32.1 Å². The summed E-state index contributed by atoms with van der Waals surface area (Å²) < 4.78 is 38.7. The van der Waals surface area contributed by atoms with E-state index in [9.17, 15) is 18.4 Å². The van der Waals surface area contributed by atoms with E-state index in [0.29, 0.717) is 25.4 Å². The Morgan fingerprint density at radius 3 is 2.24 bits per heavy atom. The Kier molecular flexibility index (Phi) is 8.97. The van der Waals surface area contributed by atoms with Crippen LogP contribution in [-0.2, 0) is 14.3 Å². The second-order valence-corrected chi connectivity index (χ2v) is 9.86. The first kappa shape index (κ1) is 26.9. The summed E-state index contributed by atoms with van der Waals surface area (Å²) in [5, 5.41) is 0. The maximum atomic E-state index is 13.3. The topological polar surface area (TPSA) is 62.3 Å². The number of morpholine rings is 1. The number of hydrogen-bond acceptors (Lipinski definition) is 5. The maximum absolute atomic E-state index is 13.3. The number of ether oxygens (including phenoxy) is 2. The number of carbonyl (C=O) groups excluding carboxylic acids is 2. The number of rotatable bonds is 9. The first-order chi connectivity index (χ1) is 17.8. The van der Waals surface area contributed by atoms with Crippen molar-refractivity contribution < 1.29 is 27.8 Å². The van der Waals surface area contributed by atoms with Crippen LogP contribution in [0.4, 0.5) is 14.5 Å². The van der Waals surface area contributed by atoms with E-state index in [4.69, 9.17) is 9.47 Å². The summed E-state index contributed by atoms with van der Waals surface area (Å²) in [6, 6.07) is 11.8. The normalized spacial score (nSPS) is 20.0. The third-order valence-corrected chi connectivity index (χ3v) is 7.03. The van der Waals surface area contributed by atoms with Crippen LogP contribution in [0.3, 0.4) is 0 Å². The number of hydrogen-bond donors (Lipinski definition) is 0. The maximum Gasteiger partial charge on any atom is 0.225 e. The molecule has 0 aromatic heterocycles. The van der Waals surface area contributed by atoms with Gasteiger partial charge in [0.2, 0.25) is 11.8 Å². The van der Waals surface area contributed by atoms with Crippen LogP contribution in [0, 0.1) is 11.6 Å². The highest BCUT2D eigenvalue weighted by Crippen LogP contribution is 2.27. The Labute approximate surface area is 216 Å². The van der Waals surface area contributed by atoms with Crippen molar-refractivity contribution in [1.29, 1.82) is 0 Å². The van der Waals surface area contributed by atoms with Gasteiger partial charge in [-0.15, -0.1) is 0 Å². The van der Waals surface area contributed by atoms with Gasteiger partial charge in [-0.05, 0) is 67.8 Å². The molecule has 2 fully saturated rings. The lowest BCUT2D eigenvalue weighted by molar-refractivity contribution is -0.166. The second-order valence-electron chi connectivity index (χ2n) is 9.86. The highest BCUT2D eigenvalue weighted by Gasteiger charge is 2.42. The Hall–Kier alpha value is -3.20. The number of anilines is 1. The van der Waals surface area contributed by atoms with E-state index in [1.807, 2.05) is 16.8 Å². The molecule has 1 atom stereocenters. The van der Waals surface area contributed by atoms with Crippen LogP contribution < -0.4 is 9.64 Å². The molecule has 2 saturated heterocycles. The second kappa shape index (κ2) is 12.4. The highest BCUT2D eigenvalue weighted by atomic mass is 19.1. The van der Waals surface area contributed by atoms with Gasteiger partial charge in [-0.3, -0.25) is 9.59 Å². The Balaban J connectivity index is 1.42. The summed E-state index contributed by atoms with van der Waals surface area (Å²) in [5.41, 5.74) is -0.176. The summed E-state index contributed by atoms with van der Waals surface area (Å²) in [6.07, 6.45) is 3.46. The molecular formula is C28H35F2N3O4. The monoisotopic (exact) mass is 515 g/mol. The molecule has 0 N–H and O–H groups in total. The van der Waals surface area contributed by atoms with Gasteiger partial charge >= 0.3 is 0 Å². The van der Waals surface area contributed by atoms with Crippen molar-refractivity contribution in [1.82, 2.24) is 9.80 Å². The zero-order valence-corrected chi connectivity index (χ0v) is 21.3. The van der Waals surface area contributed by atoms with E-state index < -0.39 is 5.60 Å². The molecule has 2 amide bonds. The van der Waals surface area contributed by atoms with E-state index in [1.165, 1.54) is 36.4 Å². The zero-order valence-electron chi connectivity index (χ0n) is 21.3. The van der Waals surface area contributed by atoms with Crippen molar-refractivity contribution in [3.05, 3.63) is 60.2 Å². The fourth-order valence-corrected chi connectivity index (χ4v) is 4.83. The van der Waals surface area contributed by atoms with Crippen molar-refractivity contribution in [3.63, 3.8) is 0 Å². The number of nitrogens with zero attached hydrogens (tertiary/aromatic N) is 3. The molecule has 9 heteroatoms. The first-order valence-electron chi connectivity index (χ1n) is 12.9. The van der Waals surface area contributed by atoms with Gasteiger partial charge in [-0.25, -0.2) is 8.78 Å². The van der Waals surface area contributed by atoms with Crippen LogP contribution in [0.5, 0.6) is 5.75 Å². The average Bonchev–Trinajstić information content (AvgIpc) is 2.92. The lowest BCUT2D eigenvalue weighted by Crippen LogP contribution is -2.58. The predicted octanol–water partition coefficient (Wildman–Crippen LogP) is 3.87. The highest BCUT2D eigenvalue weighted by molar-refractivity contribution is 5.79. The summed E-state index contributed by atoms with van der Waals surface area (Å²) in [6.45, 7) is 2.94. The molecule has 0 radical (unpaired) electrons. The molecule has 7 nitrogen and oxygen atoms in total. The van der Waals surface area contributed by atoms with E-state index in [-0.39, 0.29) is 49.4 Å². The van der Waals surface area contributed by atoms with Crippen LogP contribution >= 0.6 is 0 Å². The largest absolute Gasteiger partial charge is 0.490 e. The van der Waals surface area contributed by atoms with Crippen LogP contribution in [0.25, 0.3) is 0 Å². The molecule has 0 spiro atoms. The number of likely N-dealkylation sites (tertiary alicyclic amines) is 1. The minimum atomic E-state index is -1.00. The van der Waals surface area contributed by atoms with Crippen LogP contribution in [-0.4, -0.2) is 80.2 Å². The van der Waals surface area contributed by atoms with Crippen molar-refractivity contribution in [3.8, 4) is 5.75 Å². The Bertz CT molecular complexity index is 1040. The van der Waals surface area contributed by atoms with Crippen molar-refractivity contribution in [2.45, 2.75) is 37.7 Å². The standard InChI is InChI=1S/C28H35F2N3O4/c1-31(24-9-5-22(29)6-10-24)16-13-26(34)33-17-18-37-28(20-33,19-27(35)32-14-3-2-4-15-32)21-36-25-11-7-23(30)8-12-25/h5-12H,2-4,13-21H2,1H3. The van der Waals surface area contributed by atoms with E-state index >= 15 is 0 Å². The average molecular weight is 516 g/mol. The number of piperidine rings is 1. The van der Waals surface area contributed by atoms with Crippen molar-refractivity contribution in [2.75, 3.05) is 57.9 Å². The SMILES string of the molecule is CN(CCC(=O)N1CCOC(COc2ccc(F)cc2)(CC(=O)N2CCCCC2)C1)c1ccc(F)cc1. The van der Waals surface area contributed by atoms with Gasteiger partial charge in [0.25, 0.3) is 0 Å². The van der Waals surface area contributed by atoms with Gasteiger partial charge in [0.1, 0.15) is 29.6 Å². The van der Waals surface area contributed by atoms with Gasteiger partial charge in [0, 0.05) is 45.3 Å². The first-order valence-corrected chi connectivity index (χ1v) is 12.9. The summed E-state index contributed by atoms with van der Waals surface area (Å²) in [7, 11) is 1.86. The fourth-order valence-electron chi connectivity index (χ4n) is 4.83. The molecule has 2 aromatic rings. The minimum Gasteiger partial charge on any atom is -0.490 e. The number of halogens is 2. The van der Waals surface area contributed by atoms with Gasteiger partial charge in [0.05, 0.1) is 19.6 Å². The number of amides is 2. The van der Waals surface area contributed by atoms with Crippen molar-refractivity contribution in [2.24, 2.45) is 0 Å². The van der Waals surface area contributed by atoms with Gasteiger partial charge in [-0.1, -0.05) is 0 Å². The molecule has 1 unspecified atom stereocenters. The molecule has 2 aliphatic rings. The molecule has 0 saturated carbocycles. The van der Waals surface area contributed by atoms with Gasteiger partial charge in [-0.2, -0.15) is 0 Å². The third kappa shape index (κ3) is 7.41. The lowest BCUT2D eigenvalue weighted by Gasteiger charge is -2.43. The molecular weight excluding hydrogens is 480 g/mol. The fraction of sp³-hybridized carbons (Fsp3) is 0.500. The molecule has 2 aromatic carbocycles. The van der Waals surface area contributed by atoms with Crippen LogP contribution in [0.15, 0.2) is 48.5 Å². The summed E-state index contributed by atoms with van der Waals surface area (Å²) in [5.74, 6) is -0.251. The van der Waals surface area contributed by atoms with E-state index in [0.717, 1.165) is 38.0 Å². The molecule has 4 rings (SSSR count). The van der Waals surface area contributed by atoms with Gasteiger partial charge < -0.3 is 24.2 Å². The molecule has 2 aliphatic heterocycles. The molecule has 0 aliphatic carbocycles. The lowest BCUT2D eigenvalue weighted by atomic mass is 9.96. The Morgan fingerprint density at radius 1 is 0.919 bits per heavy atom. The summed E-state index contributed by atoms with van der Waals surface area (Å²) in [4.78, 5) is 31.9. The Morgan fingerprint density at radius 2 is 1.57 bits per heavy atom. The van der Waals surface area contributed by atoms with E-state index in [2.05, 4.69) is 0 Å². The summed E-state index contributed by atoms with van der Waals surface area (Å²) >= 11 is 0. The van der Waals surface area contributed by atoms with Crippen molar-refractivity contribution >= 4 is 17.5 Å². The zero-order chi connectivity index (χ0) is 26.3. The smallest absolute Gasteiger partial charge is 0.225 e. The molecule has 2 heterocycles. The third-order valence-electron chi connectivity index (χ3n) is 7.03. The molecule has 200 valence electrons. The predicted molar refractivity (Wildman–Crippen MR) is 136 cm³/mol. The van der Waals surface area contributed by atoms with Gasteiger partial charge in [0.15, 0.2) is 0 Å². The minimum absolute atomic E-state index is 0.00671. The number of benzene rings is 2.